The minimum atomic E-state index is -0.636. The van der Waals surface area contributed by atoms with Crippen molar-refractivity contribution in [2.45, 2.75) is 6.67 Å². The normalized spacial score (nSPS) is 10.1. The van der Waals surface area contributed by atoms with Gasteiger partial charge in [-0.15, -0.1) is 11.3 Å². The third-order valence-electron chi connectivity index (χ3n) is 1.92. The molecule has 1 aromatic carbocycles. The van der Waals surface area contributed by atoms with Crippen molar-refractivity contribution in [2.75, 3.05) is 5.32 Å². The zero-order chi connectivity index (χ0) is 11.4. The molecule has 0 fully saturated rings. The smallest absolute Gasteiger partial charge is 0.267 e. The SMILES string of the molecule is O=C(Nc1ccccc1)c1cnc(CF)s1. The molecular weight excluding hydrogens is 227 g/mol. The van der Waals surface area contributed by atoms with Crippen LogP contribution in [0.2, 0.25) is 0 Å². The van der Waals surface area contributed by atoms with E-state index in [0.717, 1.165) is 11.3 Å². The summed E-state index contributed by atoms with van der Waals surface area (Å²) in [6.07, 6.45) is 1.39. The standard InChI is InChI=1S/C11H9FN2OS/c12-6-10-13-7-9(16-10)11(15)14-8-4-2-1-3-5-8/h1-5,7H,6H2,(H,14,15). The van der Waals surface area contributed by atoms with E-state index in [1.165, 1.54) is 6.20 Å². The number of nitrogens with one attached hydrogen (secondary N) is 1. The van der Waals surface area contributed by atoms with Crippen LogP contribution in [-0.4, -0.2) is 10.9 Å². The van der Waals surface area contributed by atoms with Gasteiger partial charge in [0.25, 0.3) is 5.91 Å². The van der Waals surface area contributed by atoms with Gasteiger partial charge in [0.1, 0.15) is 16.6 Å². The van der Waals surface area contributed by atoms with Crippen molar-refractivity contribution in [3.8, 4) is 0 Å². The highest BCUT2D eigenvalue weighted by Crippen LogP contribution is 2.16. The molecule has 16 heavy (non-hydrogen) atoms. The van der Waals surface area contributed by atoms with Gasteiger partial charge < -0.3 is 5.32 Å². The van der Waals surface area contributed by atoms with Gasteiger partial charge in [-0.25, -0.2) is 9.37 Å². The lowest BCUT2D eigenvalue weighted by Crippen LogP contribution is -2.09. The summed E-state index contributed by atoms with van der Waals surface area (Å²) in [4.78, 5) is 15.9. The predicted molar refractivity (Wildman–Crippen MR) is 61.3 cm³/mol. The van der Waals surface area contributed by atoms with Gasteiger partial charge in [0.05, 0.1) is 6.20 Å². The number of anilines is 1. The first kappa shape index (κ1) is 10.8. The Labute approximate surface area is 96.0 Å². The maximum atomic E-state index is 12.2. The van der Waals surface area contributed by atoms with Crippen molar-refractivity contribution in [1.29, 1.82) is 0 Å². The zero-order valence-electron chi connectivity index (χ0n) is 8.31. The van der Waals surface area contributed by atoms with Crippen LogP contribution >= 0.6 is 11.3 Å². The Morgan fingerprint density at radius 2 is 2.12 bits per heavy atom. The van der Waals surface area contributed by atoms with Crippen molar-refractivity contribution < 1.29 is 9.18 Å². The summed E-state index contributed by atoms with van der Waals surface area (Å²) in [6.45, 7) is -0.636. The Hall–Kier alpha value is -1.75. The molecule has 0 aliphatic heterocycles. The summed E-state index contributed by atoms with van der Waals surface area (Å²) in [5.74, 6) is -0.261. The fourth-order valence-electron chi connectivity index (χ4n) is 1.19. The van der Waals surface area contributed by atoms with Crippen molar-refractivity contribution in [1.82, 2.24) is 4.98 Å². The molecule has 3 nitrogen and oxygen atoms in total. The first-order valence-corrected chi connectivity index (χ1v) is 5.48. The summed E-state index contributed by atoms with van der Waals surface area (Å²) in [7, 11) is 0. The molecule has 1 aromatic heterocycles. The Balaban J connectivity index is 2.09. The molecule has 0 saturated heterocycles. The summed E-state index contributed by atoms with van der Waals surface area (Å²) < 4.78 is 12.2. The average Bonchev–Trinajstić information content (AvgIpc) is 2.79. The van der Waals surface area contributed by atoms with E-state index in [4.69, 9.17) is 0 Å². The molecule has 2 rings (SSSR count). The van der Waals surface area contributed by atoms with Gasteiger partial charge in [-0.2, -0.15) is 0 Å². The molecule has 1 N–H and O–H groups in total. The van der Waals surface area contributed by atoms with E-state index < -0.39 is 6.67 Å². The van der Waals surface area contributed by atoms with Gasteiger partial charge in [0.2, 0.25) is 0 Å². The monoisotopic (exact) mass is 236 g/mol. The number of hydrogen-bond donors (Lipinski definition) is 1. The molecule has 1 amide bonds. The Morgan fingerprint density at radius 3 is 2.75 bits per heavy atom. The van der Waals surface area contributed by atoms with Gasteiger partial charge in [-0.3, -0.25) is 4.79 Å². The first-order chi connectivity index (χ1) is 7.79. The van der Waals surface area contributed by atoms with E-state index in [-0.39, 0.29) is 5.91 Å². The molecular formula is C11H9FN2OS. The molecule has 2 aromatic rings. The van der Waals surface area contributed by atoms with Crippen LogP contribution in [0, 0.1) is 0 Å². The van der Waals surface area contributed by atoms with Gasteiger partial charge in [0, 0.05) is 5.69 Å². The zero-order valence-corrected chi connectivity index (χ0v) is 9.13. The number of hydrogen-bond acceptors (Lipinski definition) is 3. The molecule has 0 saturated carbocycles. The van der Waals surface area contributed by atoms with Crippen LogP contribution in [0.4, 0.5) is 10.1 Å². The second kappa shape index (κ2) is 4.85. The highest BCUT2D eigenvalue weighted by molar-refractivity contribution is 7.13. The van der Waals surface area contributed by atoms with Gasteiger partial charge in [0.15, 0.2) is 0 Å². The van der Waals surface area contributed by atoms with E-state index in [2.05, 4.69) is 10.3 Å². The predicted octanol–water partition coefficient (Wildman–Crippen LogP) is 2.86. The first-order valence-electron chi connectivity index (χ1n) is 4.66. The molecule has 0 unspecified atom stereocenters. The number of halogens is 1. The van der Waals surface area contributed by atoms with Gasteiger partial charge >= 0.3 is 0 Å². The number of rotatable bonds is 3. The number of para-hydroxylation sites is 1. The molecule has 0 bridgehead atoms. The largest absolute Gasteiger partial charge is 0.321 e. The molecule has 1 heterocycles. The van der Waals surface area contributed by atoms with Crippen LogP contribution in [0.15, 0.2) is 36.5 Å². The van der Waals surface area contributed by atoms with Crippen molar-refractivity contribution in [3.63, 3.8) is 0 Å². The fraction of sp³-hybridized carbons (Fsp3) is 0.0909. The lowest BCUT2D eigenvalue weighted by Gasteiger charge is -2.01. The second-order valence-electron chi connectivity index (χ2n) is 3.07. The summed E-state index contributed by atoms with van der Waals surface area (Å²) in [5.41, 5.74) is 0.711. The van der Waals surface area contributed by atoms with Crippen molar-refractivity contribution in [2.24, 2.45) is 0 Å². The minimum absolute atomic E-state index is 0.261. The fourth-order valence-corrected chi connectivity index (χ4v) is 1.85. The Bertz CT molecular complexity index is 484. The number of alkyl halides is 1. The number of carbonyl (C=O) groups excluding carboxylic acids is 1. The number of aromatic nitrogens is 1. The number of carbonyl (C=O) groups is 1. The van der Waals surface area contributed by atoms with Crippen LogP contribution in [0.1, 0.15) is 14.7 Å². The highest BCUT2D eigenvalue weighted by Gasteiger charge is 2.10. The maximum absolute atomic E-state index is 12.2. The summed E-state index contributed by atoms with van der Waals surface area (Å²) in [5, 5.41) is 3.02. The van der Waals surface area contributed by atoms with Crippen molar-refractivity contribution in [3.05, 3.63) is 46.4 Å². The van der Waals surface area contributed by atoms with Gasteiger partial charge in [-0.1, -0.05) is 18.2 Å². The van der Waals surface area contributed by atoms with Crippen molar-refractivity contribution >= 4 is 22.9 Å². The molecule has 82 valence electrons. The summed E-state index contributed by atoms with van der Waals surface area (Å²) in [6, 6.07) is 9.10. The average molecular weight is 236 g/mol. The van der Waals surface area contributed by atoms with E-state index in [9.17, 15) is 9.18 Å². The minimum Gasteiger partial charge on any atom is -0.321 e. The second-order valence-corrected chi connectivity index (χ2v) is 4.19. The number of nitrogens with zero attached hydrogens (tertiary/aromatic N) is 1. The van der Waals surface area contributed by atoms with E-state index >= 15 is 0 Å². The third kappa shape index (κ3) is 2.43. The molecule has 0 radical (unpaired) electrons. The van der Waals surface area contributed by atoms with Crippen LogP contribution in [0.25, 0.3) is 0 Å². The van der Waals surface area contributed by atoms with Crippen LogP contribution in [0.3, 0.4) is 0 Å². The number of thiazole rings is 1. The Kier molecular flexibility index (Phi) is 3.26. The molecule has 5 heteroatoms. The van der Waals surface area contributed by atoms with E-state index in [0.29, 0.717) is 15.6 Å². The topological polar surface area (TPSA) is 42.0 Å². The highest BCUT2D eigenvalue weighted by atomic mass is 32.1. The number of benzene rings is 1. The molecule has 0 aliphatic rings. The molecule has 0 spiro atoms. The third-order valence-corrected chi connectivity index (χ3v) is 2.88. The van der Waals surface area contributed by atoms with E-state index in [1.807, 2.05) is 18.2 Å². The Morgan fingerprint density at radius 1 is 1.38 bits per heavy atom. The number of amides is 1. The lowest BCUT2D eigenvalue weighted by atomic mass is 10.3. The molecule has 0 atom stereocenters. The quantitative estimate of drug-likeness (QED) is 0.890. The van der Waals surface area contributed by atoms with Gasteiger partial charge in [-0.05, 0) is 12.1 Å². The maximum Gasteiger partial charge on any atom is 0.267 e. The van der Waals surface area contributed by atoms with Crippen LogP contribution < -0.4 is 5.32 Å². The lowest BCUT2D eigenvalue weighted by molar-refractivity contribution is 0.103. The molecule has 0 aliphatic carbocycles. The van der Waals surface area contributed by atoms with Crippen LogP contribution in [0.5, 0.6) is 0 Å². The van der Waals surface area contributed by atoms with E-state index in [1.54, 1.807) is 12.1 Å². The van der Waals surface area contributed by atoms with Crippen LogP contribution in [-0.2, 0) is 6.67 Å². The summed E-state index contributed by atoms with van der Waals surface area (Å²) >= 11 is 1.06.